The first-order valence-electron chi connectivity index (χ1n) is 11.3. The molecule has 1 aliphatic heterocycles. The lowest BCUT2D eigenvalue weighted by Crippen LogP contribution is -2.43. The van der Waals surface area contributed by atoms with Crippen LogP contribution in [0.1, 0.15) is 17.5 Å². The van der Waals surface area contributed by atoms with Gasteiger partial charge < -0.3 is 4.74 Å². The van der Waals surface area contributed by atoms with Gasteiger partial charge in [-0.2, -0.15) is 0 Å². The molecule has 0 unspecified atom stereocenters. The average Bonchev–Trinajstić information content (AvgIpc) is 3.19. The zero-order chi connectivity index (χ0) is 26.3. The Morgan fingerprint density at radius 1 is 0.703 bits per heavy atom. The number of rotatable bonds is 7. The van der Waals surface area contributed by atoms with Gasteiger partial charge in [-0.05, 0) is 70.6 Å². The molecule has 4 aromatic carbocycles. The van der Waals surface area contributed by atoms with Crippen molar-refractivity contribution in [1.82, 2.24) is 0 Å². The lowest BCUT2D eigenvalue weighted by atomic mass is 9.73. The minimum Gasteiger partial charge on any atom is -0.425 e. The van der Waals surface area contributed by atoms with Crippen molar-refractivity contribution in [1.29, 1.82) is 0 Å². The minimum atomic E-state index is -4.47. The number of sulfone groups is 2. The average molecular weight is 645 g/mol. The van der Waals surface area contributed by atoms with Crippen LogP contribution in [0.25, 0.3) is 0 Å². The highest BCUT2D eigenvalue weighted by molar-refractivity contribution is 14.1. The van der Waals surface area contributed by atoms with E-state index in [0.717, 1.165) is 3.57 Å². The van der Waals surface area contributed by atoms with Gasteiger partial charge in [0, 0.05) is 15.6 Å². The van der Waals surface area contributed by atoms with Crippen LogP contribution in [-0.4, -0.2) is 27.4 Å². The molecule has 188 valence electrons. The second-order valence-corrected chi connectivity index (χ2v) is 14.5. The number of ether oxygens (including phenoxy) is 1. The molecule has 37 heavy (non-hydrogen) atoms. The summed E-state index contributed by atoms with van der Waals surface area (Å²) in [5.41, 5.74) is -0.768. The molecule has 0 aromatic heterocycles. The van der Waals surface area contributed by atoms with E-state index in [4.69, 9.17) is 4.74 Å². The Bertz CT molecular complexity index is 1600. The monoisotopic (exact) mass is 644 g/mol. The molecule has 0 radical (unpaired) electrons. The van der Waals surface area contributed by atoms with Crippen LogP contribution in [0.4, 0.5) is 0 Å². The van der Waals surface area contributed by atoms with Gasteiger partial charge in [-0.3, -0.25) is 4.79 Å². The van der Waals surface area contributed by atoms with Gasteiger partial charge in [0.15, 0.2) is 24.3 Å². The lowest BCUT2D eigenvalue weighted by Gasteiger charge is -2.31. The predicted molar refractivity (Wildman–Crippen MR) is 148 cm³/mol. The number of carbonyl (C=O) groups excluding carboxylic acids is 1. The normalized spacial score (nSPS) is 17.4. The summed E-state index contributed by atoms with van der Waals surface area (Å²) >= 11 is 2.10. The molecular weight excluding hydrogens is 623 g/mol. The standard InChI is InChI=1S/C28H21IO6S2/c29-21-16-17-25-24(18-21)28(27(30)35-25,20-10-4-1-5-11-20)19-26(36(31,32)22-12-6-2-7-13-22)37(33,34)23-14-8-3-9-15-23/h1-18,26H,19H2/t28-/m1/s1. The van der Waals surface area contributed by atoms with Gasteiger partial charge in [-0.15, -0.1) is 0 Å². The Morgan fingerprint density at radius 2 is 1.19 bits per heavy atom. The third-order valence-corrected chi connectivity index (χ3v) is 12.3. The first-order chi connectivity index (χ1) is 17.7. The number of halogens is 1. The molecule has 0 bridgehead atoms. The van der Waals surface area contributed by atoms with Gasteiger partial charge in [-0.25, -0.2) is 16.8 Å². The number of esters is 1. The van der Waals surface area contributed by atoms with E-state index < -0.39 is 42.1 Å². The molecule has 1 heterocycles. The maximum absolute atomic E-state index is 14.1. The molecule has 1 aliphatic rings. The lowest BCUT2D eigenvalue weighted by molar-refractivity contribution is -0.137. The Balaban J connectivity index is 1.80. The van der Waals surface area contributed by atoms with E-state index in [-0.39, 0.29) is 15.5 Å². The van der Waals surface area contributed by atoms with Gasteiger partial charge >= 0.3 is 5.97 Å². The van der Waals surface area contributed by atoms with Crippen molar-refractivity contribution in [3.63, 3.8) is 0 Å². The molecule has 0 spiro atoms. The summed E-state index contributed by atoms with van der Waals surface area (Å²) in [6, 6.07) is 28.7. The van der Waals surface area contributed by atoms with Crippen LogP contribution in [-0.2, 0) is 29.9 Å². The van der Waals surface area contributed by atoms with Crippen LogP contribution < -0.4 is 4.74 Å². The Hall–Kier alpha value is -3.02. The van der Waals surface area contributed by atoms with Crippen LogP contribution in [0.5, 0.6) is 5.75 Å². The summed E-state index contributed by atoms with van der Waals surface area (Å²) in [4.78, 5) is 13.4. The van der Waals surface area contributed by atoms with Crippen molar-refractivity contribution < 1.29 is 26.4 Å². The highest BCUT2D eigenvalue weighted by Crippen LogP contribution is 2.50. The summed E-state index contributed by atoms with van der Waals surface area (Å²) in [5.74, 6) is -0.436. The molecule has 9 heteroatoms. The summed E-state index contributed by atoms with van der Waals surface area (Å²) in [5, 5.41) is 0. The molecular formula is C28H21IO6S2. The largest absolute Gasteiger partial charge is 0.425 e. The molecule has 0 N–H and O–H groups in total. The van der Waals surface area contributed by atoms with Crippen LogP contribution in [0.2, 0.25) is 0 Å². The number of benzene rings is 4. The molecule has 0 saturated heterocycles. The maximum atomic E-state index is 14.1. The van der Waals surface area contributed by atoms with Crippen molar-refractivity contribution >= 4 is 48.2 Å². The molecule has 0 aliphatic carbocycles. The minimum absolute atomic E-state index is 0.142. The van der Waals surface area contributed by atoms with Gasteiger partial charge in [0.2, 0.25) is 0 Å². The van der Waals surface area contributed by atoms with Crippen molar-refractivity contribution in [2.75, 3.05) is 0 Å². The SMILES string of the molecule is O=C1Oc2ccc(I)cc2[C@@]1(CC(S(=O)(=O)c1ccccc1)S(=O)(=O)c1ccccc1)c1ccccc1. The second-order valence-electron chi connectivity index (χ2n) is 8.65. The number of carbonyl (C=O) groups is 1. The highest BCUT2D eigenvalue weighted by atomic mass is 127. The van der Waals surface area contributed by atoms with Gasteiger partial charge in [0.25, 0.3) is 0 Å². The summed E-state index contributed by atoms with van der Waals surface area (Å²) in [6.07, 6.45) is -0.558. The Labute approximate surface area is 229 Å². The van der Waals surface area contributed by atoms with E-state index >= 15 is 0 Å². The number of fused-ring (bicyclic) bond motifs is 1. The first kappa shape index (κ1) is 25.6. The smallest absolute Gasteiger partial charge is 0.326 e. The van der Waals surface area contributed by atoms with Crippen molar-refractivity contribution in [2.24, 2.45) is 0 Å². The van der Waals surface area contributed by atoms with Gasteiger partial charge in [0.1, 0.15) is 11.2 Å². The summed E-state index contributed by atoms with van der Waals surface area (Å²) in [7, 11) is -8.95. The summed E-state index contributed by atoms with van der Waals surface area (Å²) in [6.45, 7) is 0. The van der Waals surface area contributed by atoms with E-state index in [1.807, 2.05) is 0 Å². The number of hydrogen-bond donors (Lipinski definition) is 0. The highest BCUT2D eigenvalue weighted by Gasteiger charge is 2.56. The Morgan fingerprint density at radius 3 is 1.70 bits per heavy atom. The first-order valence-corrected chi connectivity index (χ1v) is 15.5. The van der Waals surface area contributed by atoms with Gasteiger partial charge in [0.05, 0.1) is 9.79 Å². The zero-order valence-electron chi connectivity index (χ0n) is 19.3. The van der Waals surface area contributed by atoms with Crippen molar-refractivity contribution in [2.45, 2.75) is 26.2 Å². The van der Waals surface area contributed by atoms with E-state index in [2.05, 4.69) is 22.6 Å². The van der Waals surface area contributed by atoms with E-state index in [1.165, 1.54) is 48.5 Å². The van der Waals surface area contributed by atoms with E-state index in [9.17, 15) is 21.6 Å². The molecule has 0 saturated carbocycles. The van der Waals surface area contributed by atoms with Crippen LogP contribution in [0, 0.1) is 3.57 Å². The molecule has 0 amide bonds. The van der Waals surface area contributed by atoms with Gasteiger partial charge in [-0.1, -0.05) is 66.7 Å². The van der Waals surface area contributed by atoms with Crippen LogP contribution >= 0.6 is 22.6 Å². The van der Waals surface area contributed by atoms with Crippen LogP contribution in [0.15, 0.2) is 119 Å². The second kappa shape index (κ2) is 9.70. The van der Waals surface area contributed by atoms with E-state index in [0.29, 0.717) is 11.1 Å². The summed E-state index contributed by atoms with van der Waals surface area (Å²) < 4.78 is 60.7. The topological polar surface area (TPSA) is 94.6 Å². The quantitative estimate of drug-likeness (QED) is 0.157. The molecule has 5 rings (SSSR count). The van der Waals surface area contributed by atoms with Crippen molar-refractivity contribution in [3.05, 3.63) is 124 Å². The Kier molecular flexibility index (Phi) is 6.71. The third-order valence-electron chi connectivity index (χ3n) is 6.53. The number of hydrogen-bond acceptors (Lipinski definition) is 6. The van der Waals surface area contributed by atoms with Crippen molar-refractivity contribution in [3.8, 4) is 5.75 Å². The van der Waals surface area contributed by atoms with Crippen LogP contribution in [0.3, 0.4) is 0 Å². The third kappa shape index (κ3) is 4.38. The molecule has 0 fully saturated rings. The zero-order valence-corrected chi connectivity index (χ0v) is 23.1. The predicted octanol–water partition coefficient (Wildman–Crippen LogP) is 5.16. The van der Waals surface area contributed by atoms with E-state index in [1.54, 1.807) is 60.7 Å². The molecule has 1 atom stereocenters. The molecule has 6 nitrogen and oxygen atoms in total. The molecule has 4 aromatic rings. The fourth-order valence-corrected chi connectivity index (χ4v) is 9.80. The fourth-order valence-electron chi connectivity index (χ4n) is 4.69. The maximum Gasteiger partial charge on any atom is 0.326 e. The fraction of sp³-hybridized carbons (Fsp3) is 0.107.